The molecule has 27 heavy (non-hydrogen) atoms. The average Bonchev–Trinajstić information content (AvgIpc) is 3.00. The topological polar surface area (TPSA) is 43.9 Å². The van der Waals surface area contributed by atoms with Crippen molar-refractivity contribution >= 4 is 17.4 Å². The lowest BCUT2D eigenvalue weighted by molar-refractivity contribution is -0.134. The van der Waals surface area contributed by atoms with E-state index < -0.39 is 0 Å². The summed E-state index contributed by atoms with van der Waals surface area (Å²) in [4.78, 5) is 31.5. The summed E-state index contributed by atoms with van der Waals surface area (Å²) < 4.78 is 0. The van der Waals surface area contributed by atoms with Gasteiger partial charge in [-0.15, -0.1) is 0 Å². The minimum absolute atomic E-state index is 0.0909. The third-order valence-electron chi connectivity index (χ3n) is 6.61. The lowest BCUT2D eigenvalue weighted by Gasteiger charge is -2.36. The molecule has 3 aliphatic rings. The summed E-state index contributed by atoms with van der Waals surface area (Å²) in [6, 6.07) is 8.56. The number of Topliss-reactive ketones (excluding diaryl/α,β-unsaturated/α-hetero) is 1. The monoisotopic (exact) mass is 369 g/mol. The highest BCUT2D eigenvalue weighted by molar-refractivity contribution is 5.94. The van der Waals surface area contributed by atoms with Crippen molar-refractivity contribution in [3.8, 4) is 0 Å². The molecule has 1 amide bonds. The molecule has 0 radical (unpaired) electrons. The fraction of sp³-hybridized carbons (Fsp3) is 0.636. The highest BCUT2D eigenvalue weighted by atomic mass is 16.2. The van der Waals surface area contributed by atoms with Crippen molar-refractivity contribution in [2.24, 2.45) is 5.92 Å². The predicted octanol–water partition coefficient (Wildman–Crippen LogP) is 2.80. The van der Waals surface area contributed by atoms with Gasteiger partial charge in [0.05, 0.1) is 5.92 Å². The SMILES string of the molecule is CC(=O)c1ccc(N2CC[C@H](C(=O)N3CCCN(C4CCC4)CC3)C2)cc1. The van der Waals surface area contributed by atoms with Crippen LogP contribution in [0.4, 0.5) is 5.69 Å². The second-order valence-corrected chi connectivity index (χ2v) is 8.33. The highest BCUT2D eigenvalue weighted by Gasteiger charge is 2.33. The summed E-state index contributed by atoms with van der Waals surface area (Å²) in [5, 5.41) is 0. The van der Waals surface area contributed by atoms with E-state index in [0.717, 1.165) is 69.4 Å². The molecule has 2 heterocycles. The van der Waals surface area contributed by atoms with E-state index in [9.17, 15) is 9.59 Å². The van der Waals surface area contributed by atoms with Crippen LogP contribution in [0.3, 0.4) is 0 Å². The van der Waals surface area contributed by atoms with E-state index in [1.807, 2.05) is 24.3 Å². The maximum Gasteiger partial charge on any atom is 0.227 e. The summed E-state index contributed by atoms with van der Waals surface area (Å²) >= 11 is 0. The molecule has 1 saturated carbocycles. The van der Waals surface area contributed by atoms with Crippen LogP contribution >= 0.6 is 0 Å². The Morgan fingerprint density at radius 2 is 1.67 bits per heavy atom. The van der Waals surface area contributed by atoms with Crippen molar-refractivity contribution in [1.82, 2.24) is 9.80 Å². The molecule has 2 saturated heterocycles. The van der Waals surface area contributed by atoms with Crippen molar-refractivity contribution in [1.29, 1.82) is 0 Å². The van der Waals surface area contributed by atoms with Crippen molar-refractivity contribution in [2.45, 2.75) is 45.1 Å². The normalized spacial score (nSPS) is 24.6. The van der Waals surface area contributed by atoms with Gasteiger partial charge >= 0.3 is 0 Å². The number of anilines is 1. The fourth-order valence-electron chi connectivity index (χ4n) is 4.64. The quantitative estimate of drug-likeness (QED) is 0.766. The average molecular weight is 370 g/mol. The number of nitrogens with zero attached hydrogens (tertiary/aromatic N) is 3. The molecule has 4 rings (SSSR count). The van der Waals surface area contributed by atoms with Gasteiger partial charge in [-0.1, -0.05) is 6.42 Å². The van der Waals surface area contributed by atoms with Crippen molar-refractivity contribution < 1.29 is 9.59 Å². The zero-order chi connectivity index (χ0) is 18.8. The molecule has 5 heteroatoms. The molecule has 146 valence electrons. The Kier molecular flexibility index (Phi) is 5.48. The van der Waals surface area contributed by atoms with Crippen LogP contribution in [0.25, 0.3) is 0 Å². The Morgan fingerprint density at radius 1 is 0.889 bits per heavy atom. The predicted molar refractivity (Wildman–Crippen MR) is 107 cm³/mol. The Hall–Kier alpha value is -1.88. The van der Waals surface area contributed by atoms with Gasteiger partial charge in [-0.25, -0.2) is 0 Å². The molecule has 1 atom stereocenters. The molecule has 1 aromatic rings. The third kappa shape index (κ3) is 4.03. The zero-order valence-corrected chi connectivity index (χ0v) is 16.4. The minimum atomic E-state index is 0.0909. The number of ketones is 1. The molecule has 1 aliphatic carbocycles. The van der Waals surface area contributed by atoms with E-state index in [1.54, 1.807) is 6.92 Å². The zero-order valence-electron chi connectivity index (χ0n) is 16.4. The van der Waals surface area contributed by atoms with Gasteiger partial charge < -0.3 is 9.80 Å². The molecule has 1 aromatic carbocycles. The number of benzene rings is 1. The van der Waals surface area contributed by atoms with E-state index in [2.05, 4.69) is 14.7 Å². The van der Waals surface area contributed by atoms with Crippen LogP contribution in [0.2, 0.25) is 0 Å². The first kappa shape index (κ1) is 18.5. The van der Waals surface area contributed by atoms with E-state index in [1.165, 1.54) is 19.3 Å². The Balaban J connectivity index is 1.32. The van der Waals surface area contributed by atoms with Crippen LogP contribution in [-0.4, -0.2) is 66.8 Å². The van der Waals surface area contributed by atoms with Gasteiger partial charge in [0.2, 0.25) is 5.91 Å². The third-order valence-corrected chi connectivity index (χ3v) is 6.61. The van der Waals surface area contributed by atoms with Crippen molar-refractivity contribution in [3.05, 3.63) is 29.8 Å². The first-order chi connectivity index (χ1) is 13.1. The largest absolute Gasteiger partial charge is 0.371 e. The smallest absolute Gasteiger partial charge is 0.227 e. The Labute approximate surface area is 162 Å². The fourth-order valence-corrected chi connectivity index (χ4v) is 4.64. The molecule has 0 unspecified atom stereocenters. The summed E-state index contributed by atoms with van der Waals surface area (Å²) in [6.07, 6.45) is 6.08. The highest BCUT2D eigenvalue weighted by Crippen LogP contribution is 2.28. The number of carbonyl (C=O) groups excluding carboxylic acids is 2. The number of hydrogen-bond acceptors (Lipinski definition) is 4. The van der Waals surface area contributed by atoms with Crippen LogP contribution in [0, 0.1) is 5.92 Å². The van der Waals surface area contributed by atoms with Gasteiger partial charge in [0, 0.05) is 56.6 Å². The van der Waals surface area contributed by atoms with Crippen LogP contribution in [-0.2, 0) is 4.79 Å². The van der Waals surface area contributed by atoms with E-state index in [0.29, 0.717) is 5.91 Å². The molecule has 0 aromatic heterocycles. The molecule has 0 spiro atoms. The maximum atomic E-state index is 13.1. The minimum Gasteiger partial charge on any atom is -0.371 e. The number of amides is 1. The van der Waals surface area contributed by atoms with E-state index >= 15 is 0 Å². The summed E-state index contributed by atoms with van der Waals surface area (Å²) in [5.41, 5.74) is 1.86. The van der Waals surface area contributed by atoms with Gasteiger partial charge in [-0.2, -0.15) is 0 Å². The van der Waals surface area contributed by atoms with Gasteiger partial charge in [0.25, 0.3) is 0 Å². The van der Waals surface area contributed by atoms with Gasteiger partial charge in [0.1, 0.15) is 0 Å². The molecule has 5 nitrogen and oxygen atoms in total. The summed E-state index contributed by atoms with van der Waals surface area (Å²) in [7, 11) is 0. The molecule has 0 bridgehead atoms. The maximum absolute atomic E-state index is 13.1. The summed E-state index contributed by atoms with van der Waals surface area (Å²) in [6.45, 7) is 7.28. The summed E-state index contributed by atoms with van der Waals surface area (Å²) in [5.74, 6) is 0.536. The number of carbonyl (C=O) groups is 2. The van der Waals surface area contributed by atoms with Gasteiger partial charge in [-0.05, 0) is 56.9 Å². The Morgan fingerprint density at radius 3 is 2.33 bits per heavy atom. The van der Waals surface area contributed by atoms with E-state index in [-0.39, 0.29) is 11.7 Å². The van der Waals surface area contributed by atoms with Gasteiger partial charge in [0.15, 0.2) is 5.78 Å². The van der Waals surface area contributed by atoms with Crippen molar-refractivity contribution in [3.63, 3.8) is 0 Å². The van der Waals surface area contributed by atoms with Crippen LogP contribution in [0.1, 0.15) is 49.4 Å². The van der Waals surface area contributed by atoms with E-state index in [4.69, 9.17) is 0 Å². The first-order valence-electron chi connectivity index (χ1n) is 10.5. The second-order valence-electron chi connectivity index (χ2n) is 8.33. The molecular weight excluding hydrogens is 338 g/mol. The number of rotatable bonds is 4. The first-order valence-corrected chi connectivity index (χ1v) is 10.5. The standard InChI is InChI=1S/C22H31N3O2/c1-17(26)18-6-8-21(9-7-18)25-13-10-19(16-25)22(27)24-12-3-11-23(14-15-24)20-4-2-5-20/h6-9,19-20H,2-5,10-16H2,1H3/t19-/m0/s1. The molecule has 0 N–H and O–H groups in total. The lowest BCUT2D eigenvalue weighted by Crippen LogP contribution is -2.43. The van der Waals surface area contributed by atoms with Crippen LogP contribution in [0.15, 0.2) is 24.3 Å². The van der Waals surface area contributed by atoms with Crippen LogP contribution < -0.4 is 4.90 Å². The molecule has 3 fully saturated rings. The van der Waals surface area contributed by atoms with Crippen molar-refractivity contribution in [2.75, 3.05) is 44.2 Å². The molecule has 2 aliphatic heterocycles. The van der Waals surface area contributed by atoms with Crippen LogP contribution in [0.5, 0.6) is 0 Å². The van der Waals surface area contributed by atoms with Gasteiger partial charge in [-0.3, -0.25) is 14.5 Å². The second kappa shape index (κ2) is 8.01. The molecular formula is C22H31N3O2. The lowest BCUT2D eigenvalue weighted by atomic mass is 9.91. The Bertz CT molecular complexity index is 683. The number of hydrogen-bond donors (Lipinski definition) is 0.